The van der Waals surface area contributed by atoms with Crippen molar-refractivity contribution in [3.05, 3.63) is 140 Å². The number of rotatable bonds is 3. The molecule has 6 aromatic carbocycles. The molecular formula is C39H23N3S. The fourth-order valence-corrected chi connectivity index (χ4v) is 7.13. The van der Waals surface area contributed by atoms with Gasteiger partial charge in [0, 0.05) is 28.1 Å². The van der Waals surface area contributed by atoms with Crippen molar-refractivity contribution in [3.63, 3.8) is 0 Å². The summed E-state index contributed by atoms with van der Waals surface area (Å²) in [7, 11) is 0. The van der Waals surface area contributed by atoms with Gasteiger partial charge in [-0.25, -0.2) is 9.97 Å². The lowest BCUT2D eigenvalue weighted by atomic mass is 9.93. The van der Waals surface area contributed by atoms with E-state index in [1.165, 1.54) is 31.8 Å². The lowest BCUT2D eigenvalue weighted by Gasteiger charge is -2.12. The van der Waals surface area contributed by atoms with Gasteiger partial charge >= 0.3 is 0 Å². The van der Waals surface area contributed by atoms with Crippen LogP contribution in [0.1, 0.15) is 0 Å². The maximum Gasteiger partial charge on any atom is 0.124 e. The Morgan fingerprint density at radius 2 is 1.16 bits per heavy atom. The topological polar surface area (TPSA) is 38.7 Å². The van der Waals surface area contributed by atoms with Crippen LogP contribution in [-0.2, 0) is 0 Å². The van der Waals surface area contributed by atoms with E-state index in [-0.39, 0.29) is 0 Å². The summed E-state index contributed by atoms with van der Waals surface area (Å²) in [6.07, 6.45) is 1.84. The number of nitrogens with zero attached hydrogens (tertiary/aromatic N) is 3. The van der Waals surface area contributed by atoms with E-state index in [2.05, 4.69) is 132 Å². The maximum absolute atomic E-state index is 5.15. The quantitative estimate of drug-likeness (QED) is 0.200. The molecule has 200 valence electrons. The van der Waals surface area contributed by atoms with Gasteiger partial charge in [-0.15, -0.1) is 11.3 Å². The predicted molar refractivity (Wildman–Crippen MR) is 182 cm³/mol. The average Bonchev–Trinajstić information content (AvgIpc) is 3.51. The molecule has 0 amide bonds. The number of thiazole rings is 1. The first-order valence-electron chi connectivity index (χ1n) is 14.4. The third-order valence-electron chi connectivity index (χ3n) is 8.33. The van der Waals surface area contributed by atoms with Gasteiger partial charge in [-0.2, -0.15) is 0 Å². The maximum atomic E-state index is 5.15. The molecule has 0 saturated heterocycles. The van der Waals surface area contributed by atoms with Crippen LogP contribution in [-0.4, -0.2) is 15.0 Å². The van der Waals surface area contributed by atoms with E-state index < -0.39 is 0 Å². The van der Waals surface area contributed by atoms with Gasteiger partial charge in [0.1, 0.15) is 5.01 Å². The van der Waals surface area contributed by atoms with Crippen molar-refractivity contribution >= 4 is 64.9 Å². The Hall–Kier alpha value is -5.45. The normalized spacial score (nSPS) is 11.7. The molecule has 0 atom stereocenters. The van der Waals surface area contributed by atoms with Gasteiger partial charge in [-0.1, -0.05) is 103 Å². The fraction of sp³-hybridized carbons (Fsp3) is 0. The van der Waals surface area contributed by atoms with Gasteiger partial charge in [0.2, 0.25) is 0 Å². The number of fused-ring (bicyclic) bond motifs is 6. The Kier molecular flexibility index (Phi) is 5.37. The minimum atomic E-state index is 0.931. The minimum Gasteiger partial charge on any atom is -0.254 e. The number of hydrogen-bond donors (Lipinski definition) is 0. The monoisotopic (exact) mass is 565 g/mol. The predicted octanol–water partition coefficient (Wildman–Crippen LogP) is 10.7. The number of benzene rings is 6. The number of aromatic nitrogens is 3. The van der Waals surface area contributed by atoms with Crippen molar-refractivity contribution in [2.75, 3.05) is 0 Å². The zero-order valence-corrected chi connectivity index (χ0v) is 23.8. The second-order valence-corrected chi connectivity index (χ2v) is 11.9. The molecule has 3 heterocycles. The van der Waals surface area contributed by atoms with Crippen molar-refractivity contribution in [3.8, 4) is 33.0 Å². The van der Waals surface area contributed by atoms with Crippen LogP contribution >= 0.6 is 11.3 Å². The van der Waals surface area contributed by atoms with Gasteiger partial charge < -0.3 is 0 Å². The van der Waals surface area contributed by atoms with Gasteiger partial charge in [-0.3, -0.25) is 4.98 Å². The third kappa shape index (κ3) is 3.99. The van der Waals surface area contributed by atoms with Gasteiger partial charge in [0.15, 0.2) is 0 Å². The number of pyridine rings is 2. The van der Waals surface area contributed by atoms with Crippen LogP contribution in [0.3, 0.4) is 0 Å². The van der Waals surface area contributed by atoms with E-state index in [1.54, 1.807) is 11.3 Å². The Labute approximate surface area is 251 Å². The van der Waals surface area contributed by atoms with Crippen LogP contribution in [0.25, 0.3) is 86.5 Å². The molecule has 0 spiro atoms. The smallest absolute Gasteiger partial charge is 0.124 e. The number of hydrogen-bond acceptors (Lipinski definition) is 4. The Bertz CT molecular complexity index is 2530. The van der Waals surface area contributed by atoms with Crippen molar-refractivity contribution in [2.45, 2.75) is 0 Å². The zero-order valence-electron chi connectivity index (χ0n) is 23.0. The first-order chi connectivity index (χ1) is 21.3. The van der Waals surface area contributed by atoms with Crippen molar-refractivity contribution < 1.29 is 0 Å². The summed E-state index contributed by atoms with van der Waals surface area (Å²) in [5.41, 5.74) is 8.45. The fourth-order valence-electron chi connectivity index (χ4n) is 6.19. The average molecular weight is 566 g/mol. The molecule has 0 fully saturated rings. The first-order valence-corrected chi connectivity index (χ1v) is 15.2. The zero-order chi connectivity index (χ0) is 28.3. The third-order valence-corrected chi connectivity index (χ3v) is 9.41. The summed E-state index contributed by atoms with van der Waals surface area (Å²) in [4.78, 5) is 14.9. The Morgan fingerprint density at radius 1 is 0.465 bits per heavy atom. The van der Waals surface area contributed by atoms with Crippen LogP contribution in [0.15, 0.2) is 140 Å². The van der Waals surface area contributed by atoms with E-state index >= 15 is 0 Å². The molecule has 9 rings (SSSR count). The molecular weight excluding hydrogens is 543 g/mol. The standard InChI is InChI=1S/C39H23N3S/c1-2-7-27-22-29(14-11-24(27)6-1)39-42-35-23-28(16-20-36(35)43-39)30-17-18-33(32-10-4-3-9-31(30)32)34-19-15-26-13-12-25-8-5-21-40-37(25)38(26)41-34/h1-23H. The molecule has 3 nitrogen and oxygen atoms in total. The molecule has 0 unspecified atom stereocenters. The lowest BCUT2D eigenvalue weighted by molar-refractivity contribution is 1.37. The van der Waals surface area contributed by atoms with E-state index in [0.29, 0.717) is 0 Å². The molecule has 0 aliphatic carbocycles. The van der Waals surface area contributed by atoms with Crippen molar-refractivity contribution in [1.82, 2.24) is 15.0 Å². The second-order valence-electron chi connectivity index (χ2n) is 10.9. The molecule has 43 heavy (non-hydrogen) atoms. The van der Waals surface area contributed by atoms with Crippen LogP contribution in [0.5, 0.6) is 0 Å². The summed E-state index contributed by atoms with van der Waals surface area (Å²) in [5.74, 6) is 0. The largest absolute Gasteiger partial charge is 0.254 e. The van der Waals surface area contributed by atoms with Crippen LogP contribution in [0, 0.1) is 0 Å². The van der Waals surface area contributed by atoms with E-state index in [4.69, 9.17) is 9.97 Å². The summed E-state index contributed by atoms with van der Waals surface area (Å²) < 4.78 is 1.19. The molecule has 3 aromatic heterocycles. The van der Waals surface area contributed by atoms with E-state index in [9.17, 15) is 0 Å². The molecule has 0 bridgehead atoms. The highest BCUT2D eigenvalue weighted by Gasteiger charge is 2.14. The van der Waals surface area contributed by atoms with Crippen molar-refractivity contribution in [2.24, 2.45) is 0 Å². The summed E-state index contributed by atoms with van der Waals surface area (Å²) in [5, 5.41) is 8.09. The molecule has 4 heteroatoms. The lowest BCUT2D eigenvalue weighted by Crippen LogP contribution is -1.91. The highest BCUT2D eigenvalue weighted by atomic mass is 32.1. The molecule has 0 saturated carbocycles. The highest BCUT2D eigenvalue weighted by molar-refractivity contribution is 7.21. The van der Waals surface area contributed by atoms with Gasteiger partial charge in [-0.05, 0) is 63.0 Å². The highest BCUT2D eigenvalue weighted by Crippen LogP contribution is 2.39. The summed E-state index contributed by atoms with van der Waals surface area (Å²) in [6.45, 7) is 0. The SMILES string of the molecule is c1ccc2cc(-c3nc4cc(-c5ccc(-c6ccc7ccc8cccnc8c7n6)c6ccccc56)ccc4s3)ccc2c1. The van der Waals surface area contributed by atoms with Gasteiger partial charge in [0.05, 0.1) is 26.9 Å². The van der Waals surface area contributed by atoms with Gasteiger partial charge in [0.25, 0.3) is 0 Å². The second kappa shape index (κ2) is 9.55. The Balaban J connectivity index is 1.16. The molecule has 9 aromatic rings. The van der Waals surface area contributed by atoms with E-state index in [1.807, 2.05) is 12.3 Å². The molecule has 0 radical (unpaired) electrons. The van der Waals surface area contributed by atoms with Crippen LogP contribution < -0.4 is 0 Å². The molecule has 0 aliphatic heterocycles. The van der Waals surface area contributed by atoms with E-state index in [0.717, 1.165) is 54.7 Å². The van der Waals surface area contributed by atoms with Crippen LogP contribution in [0.4, 0.5) is 0 Å². The summed E-state index contributed by atoms with van der Waals surface area (Å²) >= 11 is 1.74. The minimum absolute atomic E-state index is 0.931. The molecule has 0 aliphatic rings. The molecule has 0 N–H and O–H groups in total. The summed E-state index contributed by atoms with van der Waals surface area (Å²) in [6, 6.07) is 47.3. The first kappa shape index (κ1) is 24.2. The van der Waals surface area contributed by atoms with Crippen LogP contribution in [0.2, 0.25) is 0 Å². The Morgan fingerprint density at radius 3 is 2.07 bits per heavy atom. The van der Waals surface area contributed by atoms with Crippen molar-refractivity contribution in [1.29, 1.82) is 0 Å².